The molecule has 0 unspecified atom stereocenters. The molecule has 21 heavy (non-hydrogen) atoms. The second kappa shape index (κ2) is 6.57. The molecular weight excluding hydrogens is 297 g/mol. The van der Waals surface area contributed by atoms with Crippen LogP contribution < -0.4 is 10.5 Å². The summed E-state index contributed by atoms with van der Waals surface area (Å²) in [6.07, 6.45) is -0.0349. The van der Waals surface area contributed by atoms with E-state index in [1.165, 1.54) is 6.07 Å². The summed E-state index contributed by atoms with van der Waals surface area (Å²) in [6.45, 7) is 2.11. The molecule has 0 fully saturated rings. The summed E-state index contributed by atoms with van der Waals surface area (Å²) in [5, 5.41) is 12.8. The van der Waals surface area contributed by atoms with Gasteiger partial charge in [-0.05, 0) is 19.5 Å². The standard InChI is InChI=1S/C14H13ClFN3O2/c1-8-4-12(19-21-8)13(2-3-17)20-14-6-10(15)11(16)5-9(14)7-18/h4-6,13H,2-3,17H2,1H3/t13-/m1/s1. The van der Waals surface area contributed by atoms with Crippen LogP contribution in [-0.4, -0.2) is 11.7 Å². The Kier molecular flexibility index (Phi) is 4.78. The highest BCUT2D eigenvalue weighted by atomic mass is 35.5. The number of hydrogen-bond donors (Lipinski definition) is 1. The minimum absolute atomic E-state index is 0.0548. The molecule has 0 radical (unpaired) electrons. The molecule has 1 aromatic carbocycles. The number of aryl methyl sites for hydroxylation is 1. The van der Waals surface area contributed by atoms with Crippen molar-refractivity contribution in [1.82, 2.24) is 5.16 Å². The highest BCUT2D eigenvalue weighted by molar-refractivity contribution is 6.30. The van der Waals surface area contributed by atoms with E-state index in [9.17, 15) is 4.39 Å². The van der Waals surface area contributed by atoms with E-state index in [2.05, 4.69) is 5.16 Å². The molecule has 0 aliphatic heterocycles. The predicted octanol–water partition coefficient (Wildman–Crippen LogP) is 3.12. The monoisotopic (exact) mass is 309 g/mol. The molecule has 110 valence electrons. The lowest BCUT2D eigenvalue weighted by Crippen LogP contribution is -2.14. The molecule has 2 N–H and O–H groups in total. The van der Waals surface area contributed by atoms with Gasteiger partial charge in [0.1, 0.15) is 35.2 Å². The number of aromatic nitrogens is 1. The maximum absolute atomic E-state index is 13.4. The Morgan fingerprint density at radius 3 is 2.86 bits per heavy atom. The first-order valence-corrected chi connectivity index (χ1v) is 6.62. The van der Waals surface area contributed by atoms with Crippen LogP contribution in [0.25, 0.3) is 0 Å². The SMILES string of the molecule is Cc1cc([C@@H](CCN)Oc2cc(Cl)c(F)cc2C#N)no1. The third-order valence-corrected chi connectivity index (χ3v) is 3.11. The molecular formula is C14H13ClFN3O2. The van der Waals surface area contributed by atoms with Gasteiger partial charge in [-0.25, -0.2) is 4.39 Å². The van der Waals surface area contributed by atoms with Gasteiger partial charge in [-0.2, -0.15) is 5.26 Å². The molecule has 0 bridgehead atoms. The van der Waals surface area contributed by atoms with Crippen molar-refractivity contribution >= 4 is 11.6 Å². The Morgan fingerprint density at radius 2 is 2.29 bits per heavy atom. The van der Waals surface area contributed by atoms with Gasteiger partial charge in [0.05, 0.1) is 10.6 Å². The number of nitrogens with zero attached hydrogens (tertiary/aromatic N) is 2. The van der Waals surface area contributed by atoms with Crippen LogP contribution in [0.1, 0.15) is 29.5 Å². The number of ether oxygens (including phenoxy) is 1. The van der Waals surface area contributed by atoms with Gasteiger partial charge >= 0.3 is 0 Å². The maximum Gasteiger partial charge on any atom is 0.145 e. The number of nitriles is 1. The Bertz CT molecular complexity index is 681. The Labute approximate surface area is 126 Å². The summed E-state index contributed by atoms with van der Waals surface area (Å²) in [4.78, 5) is 0. The van der Waals surface area contributed by atoms with Crippen molar-refractivity contribution in [2.75, 3.05) is 6.54 Å². The first kappa shape index (κ1) is 15.3. The molecule has 2 rings (SSSR count). The van der Waals surface area contributed by atoms with Gasteiger partial charge in [-0.1, -0.05) is 16.8 Å². The lowest BCUT2D eigenvalue weighted by Gasteiger charge is -2.17. The first-order valence-electron chi connectivity index (χ1n) is 6.24. The van der Waals surface area contributed by atoms with Crippen molar-refractivity contribution < 1.29 is 13.7 Å². The van der Waals surface area contributed by atoms with Gasteiger partial charge < -0.3 is 15.0 Å². The highest BCUT2D eigenvalue weighted by Crippen LogP contribution is 2.31. The van der Waals surface area contributed by atoms with Gasteiger partial charge in [0, 0.05) is 18.6 Å². The van der Waals surface area contributed by atoms with Crippen LogP contribution in [0.4, 0.5) is 4.39 Å². The number of benzene rings is 1. The Morgan fingerprint density at radius 1 is 1.52 bits per heavy atom. The number of halogens is 2. The van der Waals surface area contributed by atoms with E-state index in [1.54, 1.807) is 13.0 Å². The average molecular weight is 310 g/mol. The van der Waals surface area contributed by atoms with Gasteiger partial charge in [0.2, 0.25) is 0 Å². The van der Waals surface area contributed by atoms with Crippen molar-refractivity contribution in [3.8, 4) is 11.8 Å². The van der Waals surface area contributed by atoms with E-state index in [0.717, 1.165) is 6.07 Å². The van der Waals surface area contributed by atoms with Gasteiger partial charge in [-0.15, -0.1) is 0 Å². The third kappa shape index (κ3) is 3.51. The second-order valence-electron chi connectivity index (χ2n) is 4.42. The second-order valence-corrected chi connectivity index (χ2v) is 4.83. The van der Waals surface area contributed by atoms with Crippen LogP contribution in [0.15, 0.2) is 22.7 Å². The number of nitrogens with two attached hydrogens (primary N) is 1. The van der Waals surface area contributed by atoms with Gasteiger partial charge in [0.15, 0.2) is 0 Å². The van der Waals surface area contributed by atoms with Crippen LogP contribution in [-0.2, 0) is 0 Å². The summed E-state index contributed by atoms with van der Waals surface area (Å²) in [5.74, 6) is 0.143. The minimum Gasteiger partial charge on any atom is -0.482 e. The third-order valence-electron chi connectivity index (χ3n) is 2.82. The summed E-state index contributed by atoms with van der Waals surface area (Å²) in [7, 11) is 0. The van der Waals surface area contributed by atoms with E-state index >= 15 is 0 Å². The highest BCUT2D eigenvalue weighted by Gasteiger charge is 2.20. The quantitative estimate of drug-likeness (QED) is 0.917. The van der Waals surface area contributed by atoms with Crippen LogP contribution in [0.2, 0.25) is 5.02 Å². The van der Waals surface area contributed by atoms with Crippen molar-refractivity contribution in [2.24, 2.45) is 5.73 Å². The molecule has 7 heteroatoms. The van der Waals surface area contributed by atoms with Crippen LogP contribution >= 0.6 is 11.6 Å². The summed E-state index contributed by atoms with van der Waals surface area (Å²) >= 11 is 5.73. The van der Waals surface area contributed by atoms with E-state index in [1.807, 2.05) is 6.07 Å². The smallest absolute Gasteiger partial charge is 0.145 e. The fourth-order valence-corrected chi connectivity index (χ4v) is 1.98. The normalized spacial score (nSPS) is 12.0. The fraction of sp³-hybridized carbons (Fsp3) is 0.286. The zero-order valence-corrected chi connectivity index (χ0v) is 12.0. The van der Waals surface area contributed by atoms with Crippen molar-refractivity contribution in [3.63, 3.8) is 0 Å². The van der Waals surface area contributed by atoms with Gasteiger partial charge in [-0.3, -0.25) is 0 Å². The first-order chi connectivity index (χ1) is 10.0. The molecule has 5 nitrogen and oxygen atoms in total. The molecule has 0 aliphatic rings. The summed E-state index contributed by atoms with van der Waals surface area (Å²) in [6, 6.07) is 5.89. The summed E-state index contributed by atoms with van der Waals surface area (Å²) < 4.78 is 24.1. The predicted molar refractivity (Wildman–Crippen MR) is 74.4 cm³/mol. The molecule has 0 saturated heterocycles. The zero-order valence-electron chi connectivity index (χ0n) is 11.3. The minimum atomic E-state index is -0.673. The van der Waals surface area contributed by atoms with Crippen molar-refractivity contribution in [3.05, 3.63) is 46.1 Å². The molecule has 0 spiro atoms. The topological polar surface area (TPSA) is 85.1 Å². The average Bonchev–Trinajstić information content (AvgIpc) is 2.88. The fourth-order valence-electron chi connectivity index (χ4n) is 1.82. The van der Waals surface area contributed by atoms with E-state index in [4.69, 9.17) is 31.9 Å². The van der Waals surface area contributed by atoms with Crippen LogP contribution in [0.3, 0.4) is 0 Å². The summed E-state index contributed by atoms with van der Waals surface area (Å²) in [5.41, 5.74) is 6.17. The molecule has 0 saturated carbocycles. The lowest BCUT2D eigenvalue weighted by atomic mass is 10.1. The van der Waals surface area contributed by atoms with Crippen molar-refractivity contribution in [1.29, 1.82) is 5.26 Å². The van der Waals surface area contributed by atoms with Crippen LogP contribution in [0.5, 0.6) is 5.75 Å². The molecule has 1 heterocycles. The van der Waals surface area contributed by atoms with Crippen LogP contribution in [0, 0.1) is 24.1 Å². The lowest BCUT2D eigenvalue weighted by molar-refractivity contribution is 0.186. The largest absolute Gasteiger partial charge is 0.482 e. The number of hydrogen-bond acceptors (Lipinski definition) is 5. The van der Waals surface area contributed by atoms with Gasteiger partial charge in [0.25, 0.3) is 0 Å². The molecule has 1 atom stereocenters. The maximum atomic E-state index is 13.4. The van der Waals surface area contributed by atoms with E-state index in [-0.39, 0.29) is 16.3 Å². The van der Waals surface area contributed by atoms with E-state index in [0.29, 0.717) is 24.4 Å². The number of rotatable bonds is 5. The molecule has 2 aromatic rings. The van der Waals surface area contributed by atoms with Crippen molar-refractivity contribution in [2.45, 2.75) is 19.4 Å². The zero-order chi connectivity index (χ0) is 15.4. The van der Waals surface area contributed by atoms with E-state index < -0.39 is 11.9 Å². The Balaban J connectivity index is 2.33. The molecule has 0 aliphatic carbocycles. The molecule has 1 aromatic heterocycles. The molecule has 0 amide bonds. The Hall–Kier alpha value is -2.10.